The van der Waals surface area contributed by atoms with E-state index < -0.39 is 0 Å². The molecule has 0 heteroatoms. The average Bonchev–Trinajstić information content (AvgIpc) is 2.48. The van der Waals surface area contributed by atoms with E-state index in [1.54, 1.807) is 5.57 Å². The lowest BCUT2D eigenvalue weighted by atomic mass is 9.88. The highest BCUT2D eigenvalue weighted by Crippen LogP contribution is 2.45. The van der Waals surface area contributed by atoms with E-state index in [0.29, 0.717) is 0 Å². The van der Waals surface area contributed by atoms with Crippen LogP contribution >= 0.6 is 0 Å². The number of rotatable bonds is 2. The van der Waals surface area contributed by atoms with Gasteiger partial charge in [0, 0.05) is 0 Å². The van der Waals surface area contributed by atoms with E-state index in [4.69, 9.17) is 0 Å². The molecule has 0 heterocycles. The van der Waals surface area contributed by atoms with Crippen LogP contribution in [0.5, 0.6) is 0 Å². The van der Waals surface area contributed by atoms with Gasteiger partial charge in [0.05, 0.1) is 0 Å². The van der Waals surface area contributed by atoms with Gasteiger partial charge in [0.1, 0.15) is 0 Å². The molecule has 2 rings (SSSR count). The lowest BCUT2D eigenvalue weighted by Crippen LogP contribution is -2.06. The number of allylic oxidation sites excluding steroid dienone is 2. The van der Waals surface area contributed by atoms with Crippen molar-refractivity contribution in [1.82, 2.24) is 0 Å². The number of hydrogen-bond acceptors (Lipinski definition) is 0. The third-order valence-corrected chi connectivity index (χ3v) is 3.08. The van der Waals surface area contributed by atoms with Gasteiger partial charge in [-0.2, -0.15) is 0 Å². The van der Waals surface area contributed by atoms with Crippen molar-refractivity contribution in [2.24, 2.45) is 11.8 Å². The summed E-state index contributed by atoms with van der Waals surface area (Å²) in [6.07, 6.45) is 9.62. The van der Waals surface area contributed by atoms with Gasteiger partial charge in [0.15, 0.2) is 0 Å². The van der Waals surface area contributed by atoms with Crippen molar-refractivity contribution in [3.8, 4) is 0 Å². The first-order valence-corrected chi connectivity index (χ1v) is 4.58. The summed E-state index contributed by atoms with van der Waals surface area (Å²) in [5, 5.41) is 0. The van der Waals surface area contributed by atoms with Crippen LogP contribution in [0.2, 0.25) is 0 Å². The quantitative estimate of drug-likeness (QED) is 0.511. The fraction of sp³-hybridized carbons (Fsp3) is 0.800. The molecule has 2 atom stereocenters. The molecule has 0 nitrogen and oxygen atoms in total. The summed E-state index contributed by atoms with van der Waals surface area (Å²) >= 11 is 0. The Balaban J connectivity index is 1.97. The molecule has 0 aliphatic heterocycles. The molecule has 1 fully saturated rings. The van der Waals surface area contributed by atoms with Crippen molar-refractivity contribution >= 4 is 0 Å². The lowest BCUT2D eigenvalue weighted by molar-refractivity contribution is 0.363. The van der Waals surface area contributed by atoms with E-state index in [-0.39, 0.29) is 0 Å². The highest BCUT2D eigenvalue weighted by Gasteiger charge is 2.32. The highest BCUT2D eigenvalue weighted by atomic mass is 14.4. The molecule has 2 bridgehead atoms. The molecule has 0 N–H and O–H groups in total. The second-order valence-corrected chi connectivity index (χ2v) is 3.82. The molecule has 10 heavy (non-hydrogen) atoms. The van der Waals surface area contributed by atoms with Crippen LogP contribution in [0.25, 0.3) is 0 Å². The first-order chi connectivity index (χ1) is 4.90. The van der Waals surface area contributed by atoms with Gasteiger partial charge in [0.25, 0.3) is 0 Å². The maximum atomic E-state index is 2.47. The molecule has 2 aliphatic rings. The molecule has 1 saturated carbocycles. The fourth-order valence-electron chi connectivity index (χ4n) is 2.56. The normalized spacial score (nSPS) is 36.7. The second kappa shape index (κ2) is 2.41. The Morgan fingerprint density at radius 2 is 2.40 bits per heavy atom. The fourth-order valence-corrected chi connectivity index (χ4v) is 2.56. The molecular formula is C10H16. The Labute approximate surface area is 63.3 Å². The molecule has 0 aromatic heterocycles. The summed E-state index contributed by atoms with van der Waals surface area (Å²) in [6.45, 7) is 2.31. The van der Waals surface area contributed by atoms with Gasteiger partial charge in [-0.05, 0) is 31.1 Å². The first-order valence-electron chi connectivity index (χ1n) is 4.58. The van der Waals surface area contributed by atoms with Crippen LogP contribution in [0.4, 0.5) is 0 Å². The largest absolute Gasteiger partial charge is 0.0850 e. The molecule has 0 radical (unpaired) electrons. The van der Waals surface area contributed by atoms with Gasteiger partial charge in [-0.25, -0.2) is 0 Å². The van der Waals surface area contributed by atoms with Gasteiger partial charge in [-0.3, -0.25) is 0 Å². The molecule has 0 saturated heterocycles. The Morgan fingerprint density at radius 3 is 2.90 bits per heavy atom. The second-order valence-electron chi connectivity index (χ2n) is 3.82. The molecule has 0 aromatic carbocycles. The Hall–Kier alpha value is -0.260. The standard InChI is InChI=1S/C10H16/c1-2-3-9-6-8-4-5-10(9)7-8/h4,9-10H,2-3,5-7H2,1H3. The van der Waals surface area contributed by atoms with Crippen molar-refractivity contribution in [1.29, 1.82) is 0 Å². The van der Waals surface area contributed by atoms with Crippen LogP contribution in [-0.2, 0) is 0 Å². The molecule has 2 unspecified atom stereocenters. The van der Waals surface area contributed by atoms with Gasteiger partial charge in [0.2, 0.25) is 0 Å². The summed E-state index contributed by atoms with van der Waals surface area (Å²) in [7, 11) is 0. The Kier molecular flexibility index (Phi) is 1.55. The molecule has 56 valence electrons. The summed E-state index contributed by atoms with van der Waals surface area (Å²) in [5.41, 5.74) is 1.77. The summed E-state index contributed by atoms with van der Waals surface area (Å²) in [5.74, 6) is 2.14. The molecule has 0 spiro atoms. The van der Waals surface area contributed by atoms with Gasteiger partial charge in [-0.15, -0.1) is 0 Å². The number of hydrogen-bond donors (Lipinski definition) is 0. The Morgan fingerprint density at radius 1 is 1.50 bits per heavy atom. The predicted molar refractivity (Wildman–Crippen MR) is 43.8 cm³/mol. The average molecular weight is 136 g/mol. The molecular weight excluding hydrogens is 120 g/mol. The maximum Gasteiger partial charge on any atom is -0.0286 e. The van der Waals surface area contributed by atoms with Crippen LogP contribution < -0.4 is 0 Å². The SMILES string of the molecule is CCCC1CC2=CCC1C2. The van der Waals surface area contributed by atoms with Crippen LogP contribution in [0.3, 0.4) is 0 Å². The van der Waals surface area contributed by atoms with Crippen molar-refractivity contribution in [2.45, 2.75) is 39.0 Å². The molecule has 0 amide bonds. The predicted octanol–water partition coefficient (Wildman–Crippen LogP) is 3.14. The van der Waals surface area contributed by atoms with E-state index in [9.17, 15) is 0 Å². The summed E-state index contributed by atoms with van der Waals surface area (Å²) in [6, 6.07) is 0. The smallest absolute Gasteiger partial charge is 0.0286 e. The minimum Gasteiger partial charge on any atom is -0.0850 e. The number of fused-ring (bicyclic) bond motifs is 2. The van der Waals surface area contributed by atoms with E-state index in [0.717, 1.165) is 11.8 Å². The minimum atomic E-state index is 1.06. The van der Waals surface area contributed by atoms with E-state index in [1.165, 1.54) is 32.1 Å². The van der Waals surface area contributed by atoms with Crippen LogP contribution in [0.15, 0.2) is 11.6 Å². The Bertz CT molecular complexity index is 155. The third kappa shape index (κ3) is 0.902. The van der Waals surface area contributed by atoms with Crippen molar-refractivity contribution < 1.29 is 0 Å². The zero-order chi connectivity index (χ0) is 6.97. The summed E-state index contributed by atoms with van der Waals surface area (Å²) < 4.78 is 0. The van der Waals surface area contributed by atoms with Crippen LogP contribution in [0.1, 0.15) is 39.0 Å². The zero-order valence-corrected chi connectivity index (χ0v) is 6.77. The first kappa shape index (κ1) is 6.45. The van der Waals surface area contributed by atoms with Crippen molar-refractivity contribution in [2.75, 3.05) is 0 Å². The highest BCUT2D eigenvalue weighted by molar-refractivity contribution is 5.18. The van der Waals surface area contributed by atoms with E-state index >= 15 is 0 Å². The van der Waals surface area contributed by atoms with E-state index in [1.807, 2.05) is 0 Å². The minimum absolute atomic E-state index is 1.06. The third-order valence-electron chi connectivity index (χ3n) is 3.08. The van der Waals surface area contributed by atoms with Crippen molar-refractivity contribution in [3.05, 3.63) is 11.6 Å². The maximum absolute atomic E-state index is 2.47. The van der Waals surface area contributed by atoms with Gasteiger partial charge >= 0.3 is 0 Å². The summed E-state index contributed by atoms with van der Waals surface area (Å²) in [4.78, 5) is 0. The van der Waals surface area contributed by atoms with Gasteiger partial charge in [-0.1, -0.05) is 31.4 Å². The lowest BCUT2D eigenvalue weighted by Gasteiger charge is -2.17. The van der Waals surface area contributed by atoms with Gasteiger partial charge < -0.3 is 0 Å². The molecule has 0 aromatic rings. The topological polar surface area (TPSA) is 0 Å². The van der Waals surface area contributed by atoms with Crippen LogP contribution in [0, 0.1) is 11.8 Å². The van der Waals surface area contributed by atoms with E-state index in [2.05, 4.69) is 13.0 Å². The molecule has 2 aliphatic carbocycles. The zero-order valence-electron chi connectivity index (χ0n) is 6.77. The van der Waals surface area contributed by atoms with Crippen LogP contribution in [-0.4, -0.2) is 0 Å². The van der Waals surface area contributed by atoms with Crippen molar-refractivity contribution in [3.63, 3.8) is 0 Å². The monoisotopic (exact) mass is 136 g/mol.